The zero-order chi connectivity index (χ0) is 22.4. The highest BCUT2D eigenvalue weighted by Crippen LogP contribution is 2.22. The first-order valence-corrected chi connectivity index (χ1v) is 11.2. The highest BCUT2D eigenvalue weighted by molar-refractivity contribution is 5.97. The van der Waals surface area contributed by atoms with Crippen LogP contribution >= 0.6 is 0 Å². The number of rotatable bonds is 5. The highest BCUT2D eigenvalue weighted by atomic mass is 16.5. The van der Waals surface area contributed by atoms with Crippen LogP contribution in [0.3, 0.4) is 0 Å². The van der Waals surface area contributed by atoms with Crippen LogP contribution in [0.25, 0.3) is 0 Å². The quantitative estimate of drug-likeness (QED) is 0.698. The van der Waals surface area contributed by atoms with Crippen molar-refractivity contribution in [2.75, 3.05) is 31.6 Å². The molecule has 0 aromatic heterocycles. The molecule has 170 valence electrons. The molecule has 1 aromatic carbocycles. The van der Waals surface area contributed by atoms with Gasteiger partial charge in [0.2, 0.25) is 5.91 Å². The van der Waals surface area contributed by atoms with Crippen LogP contribution in [0.2, 0.25) is 0 Å². The summed E-state index contributed by atoms with van der Waals surface area (Å²) in [6.45, 7) is 6.15. The summed E-state index contributed by atoms with van der Waals surface area (Å²) in [6.07, 6.45) is 5.44. The maximum absolute atomic E-state index is 12.7. The molecule has 0 spiro atoms. The number of nitrogens with zero attached hydrogens (tertiary/aromatic N) is 2. The first kappa shape index (κ1) is 23.1. The molecule has 31 heavy (non-hydrogen) atoms. The van der Waals surface area contributed by atoms with Crippen LogP contribution in [0.15, 0.2) is 24.3 Å². The molecule has 1 saturated heterocycles. The Bertz CT molecular complexity index is 776. The molecule has 2 unspecified atom stereocenters. The van der Waals surface area contributed by atoms with Crippen molar-refractivity contribution in [2.45, 2.75) is 64.1 Å². The molecule has 2 aliphatic rings. The van der Waals surface area contributed by atoms with E-state index in [-0.39, 0.29) is 30.0 Å². The lowest BCUT2D eigenvalue weighted by molar-refractivity contribution is -0.125. The number of carbonyl (C=O) groups excluding carboxylic acids is 3. The van der Waals surface area contributed by atoms with Crippen LogP contribution in [0.4, 0.5) is 10.5 Å². The molecule has 2 N–H and O–H groups in total. The van der Waals surface area contributed by atoms with E-state index in [0.717, 1.165) is 44.5 Å². The van der Waals surface area contributed by atoms with Gasteiger partial charge in [0.15, 0.2) is 0 Å². The van der Waals surface area contributed by atoms with Crippen LogP contribution in [0, 0.1) is 0 Å². The average Bonchev–Trinajstić information content (AvgIpc) is 2.78. The Morgan fingerprint density at radius 1 is 1.06 bits per heavy atom. The van der Waals surface area contributed by atoms with Gasteiger partial charge in [-0.25, -0.2) is 9.59 Å². The van der Waals surface area contributed by atoms with Gasteiger partial charge in [-0.05, 0) is 51.0 Å². The van der Waals surface area contributed by atoms with E-state index in [1.54, 1.807) is 12.1 Å². The Morgan fingerprint density at radius 2 is 1.74 bits per heavy atom. The van der Waals surface area contributed by atoms with Crippen molar-refractivity contribution >= 4 is 23.6 Å². The number of hydrogen-bond acceptors (Lipinski definition) is 6. The van der Waals surface area contributed by atoms with Gasteiger partial charge in [-0.2, -0.15) is 0 Å². The van der Waals surface area contributed by atoms with Crippen molar-refractivity contribution in [1.29, 1.82) is 0 Å². The maximum atomic E-state index is 12.7. The number of amides is 3. The van der Waals surface area contributed by atoms with Gasteiger partial charge in [0.1, 0.15) is 0 Å². The Morgan fingerprint density at radius 3 is 2.35 bits per heavy atom. The summed E-state index contributed by atoms with van der Waals surface area (Å²) in [5.41, 5.74) is 1.55. The number of esters is 1. The lowest BCUT2D eigenvalue weighted by Gasteiger charge is -2.43. The topological polar surface area (TPSA) is 91.0 Å². The fraction of sp³-hybridized carbons (Fsp3) is 0.609. The Hall–Kier alpha value is -2.61. The number of ether oxygens (including phenoxy) is 1. The van der Waals surface area contributed by atoms with E-state index < -0.39 is 6.04 Å². The van der Waals surface area contributed by atoms with E-state index in [2.05, 4.69) is 27.4 Å². The number of nitrogens with one attached hydrogen (secondary N) is 2. The fourth-order valence-electron chi connectivity index (χ4n) is 4.54. The Labute approximate surface area is 184 Å². The smallest absolute Gasteiger partial charge is 0.337 e. The molecular weight excluding hydrogens is 396 g/mol. The fourth-order valence-corrected chi connectivity index (χ4v) is 4.54. The molecule has 3 rings (SSSR count). The van der Waals surface area contributed by atoms with Crippen LogP contribution < -0.4 is 15.5 Å². The highest BCUT2D eigenvalue weighted by Gasteiger charge is 2.31. The standard InChI is InChI=1S/C23H34N4O4/c1-16-15-26(20-11-9-18(10-12-20)22(29)31-3)13-14-27(16)17(2)21(28)25-23(30)24-19-7-5-4-6-8-19/h9-12,16-17,19H,4-8,13-15H2,1-3H3,(H2,24,25,28,30). The number of piperazine rings is 1. The lowest BCUT2D eigenvalue weighted by Crippen LogP contribution is -2.59. The molecule has 1 heterocycles. The SMILES string of the molecule is COC(=O)c1ccc(N2CCN(C(C)C(=O)NC(=O)NC3CCCCC3)C(C)C2)cc1. The summed E-state index contributed by atoms with van der Waals surface area (Å²) in [7, 11) is 1.37. The van der Waals surface area contributed by atoms with Gasteiger partial charge in [0.05, 0.1) is 18.7 Å². The van der Waals surface area contributed by atoms with Gasteiger partial charge in [0.25, 0.3) is 0 Å². The zero-order valence-electron chi connectivity index (χ0n) is 18.7. The molecule has 1 aliphatic heterocycles. The number of hydrogen-bond donors (Lipinski definition) is 2. The molecule has 0 radical (unpaired) electrons. The molecule has 2 atom stereocenters. The van der Waals surface area contributed by atoms with E-state index in [4.69, 9.17) is 4.74 Å². The second kappa shape index (κ2) is 10.6. The van der Waals surface area contributed by atoms with E-state index in [0.29, 0.717) is 12.1 Å². The monoisotopic (exact) mass is 430 g/mol. The molecule has 8 heteroatoms. The van der Waals surface area contributed by atoms with Gasteiger partial charge < -0.3 is 15.0 Å². The predicted molar refractivity (Wildman–Crippen MR) is 119 cm³/mol. The summed E-state index contributed by atoms with van der Waals surface area (Å²) in [6, 6.07) is 6.89. The molecule has 3 amide bonds. The van der Waals surface area contributed by atoms with E-state index in [9.17, 15) is 14.4 Å². The molecule has 1 saturated carbocycles. The minimum Gasteiger partial charge on any atom is -0.465 e. The summed E-state index contributed by atoms with van der Waals surface area (Å²) in [4.78, 5) is 40.9. The van der Waals surface area contributed by atoms with Crippen LogP contribution in [0.1, 0.15) is 56.3 Å². The van der Waals surface area contributed by atoms with Crippen LogP contribution in [-0.2, 0) is 9.53 Å². The number of carbonyl (C=O) groups is 3. The molecule has 2 fully saturated rings. The zero-order valence-corrected chi connectivity index (χ0v) is 18.7. The van der Waals surface area contributed by atoms with Gasteiger partial charge in [-0.1, -0.05) is 19.3 Å². The molecule has 0 bridgehead atoms. The molecule has 1 aromatic rings. The molecular formula is C23H34N4O4. The largest absolute Gasteiger partial charge is 0.465 e. The third-order valence-corrected chi connectivity index (χ3v) is 6.39. The number of imide groups is 1. The minimum absolute atomic E-state index is 0.135. The Kier molecular flexibility index (Phi) is 7.90. The van der Waals surface area contributed by atoms with Crippen molar-refractivity contribution in [3.8, 4) is 0 Å². The number of methoxy groups -OCH3 is 1. The normalized spacial score (nSPS) is 21.3. The molecule has 8 nitrogen and oxygen atoms in total. The lowest BCUT2D eigenvalue weighted by atomic mass is 9.96. The van der Waals surface area contributed by atoms with E-state index >= 15 is 0 Å². The van der Waals surface area contributed by atoms with Gasteiger partial charge in [-0.3, -0.25) is 15.0 Å². The van der Waals surface area contributed by atoms with Crippen LogP contribution in [-0.4, -0.2) is 67.7 Å². The Balaban J connectivity index is 1.50. The summed E-state index contributed by atoms with van der Waals surface area (Å²) in [5, 5.41) is 5.46. The predicted octanol–water partition coefficient (Wildman–Crippen LogP) is 2.53. The number of anilines is 1. The van der Waals surface area contributed by atoms with Crippen molar-refractivity contribution in [1.82, 2.24) is 15.5 Å². The summed E-state index contributed by atoms with van der Waals surface area (Å²) >= 11 is 0. The van der Waals surface area contributed by atoms with E-state index in [1.807, 2.05) is 19.1 Å². The average molecular weight is 431 g/mol. The third-order valence-electron chi connectivity index (χ3n) is 6.39. The third kappa shape index (κ3) is 5.97. The second-order valence-electron chi connectivity index (χ2n) is 8.54. The summed E-state index contributed by atoms with van der Waals surface area (Å²) in [5.74, 6) is -0.617. The first-order valence-electron chi connectivity index (χ1n) is 11.2. The van der Waals surface area contributed by atoms with Crippen LogP contribution in [0.5, 0.6) is 0 Å². The first-order chi connectivity index (χ1) is 14.9. The molecule has 1 aliphatic carbocycles. The minimum atomic E-state index is -0.393. The van der Waals surface area contributed by atoms with Gasteiger partial charge in [0, 0.05) is 37.4 Å². The van der Waals surface area contributed by atoms with E-state index in [1.165, 1.54) is 13.5 Å². The van der Waals surface area contributed by atoms with Crippen molar-refractivity contribution < 1.29 is 19.1 Å². The van der Waals surface area contributed by atoms with Gasteiger partial charge >= 0.3 is 12.0 Å². The number of benzene rings is 1. The van der Waals surface area contributed by atoms with Crippen molar-refractivity contribution in [3.05, 3.63) is 29.8 Å². The van der Waals surface area contributed by atoms with Gasteiger partial charge in [-0.15, -0.1) is 0 Å². The second-order valence-corrected chi connectivity index (χ2v) is 8.54. The number of urea groups is 1. The summed E-state index contributed by atoms with van der Waals surface area (Å²) < 4.78 is 4.75. The maximum Gasteiger partial charge on any atom is 0.337 e. The van der Waals surface area contributed by atoms with Crippen molar-refractivity contribution in [2.24, 2.45) is 0 Å². The van der Waals surface area contributed by atoms with Crippen molar-refractivity contribution in [3.63, 3.8) is 0 Å².